The van der Waals surface area contributed by atoms with E-state index in [1.54, 1.807) is 28.9 Å². The van der Waals surface area contributed by atoms with Gasteiger partial charge in [0.1, 0.15) is 5.75 Å². The summed E-state index contributed by atoms with van der Waals surface area (Å²) in [4.78, 5) is 19.9. The van der Waals surface area contributed by atoms with Crippen LogP contribution in [0.5, 0.6) is 5.75 Å². The van der Waals surface area contributed by atoms with Crippen molar-refractivity contribution in [1.29, 1.82) is 0 Å². The molecular weight excluding hydrogens is 428 g/mol. The van der Waals surface area contributed by atoms with Crippen LogP contribution in [0.15, 0.2) is 72.8 Å². The quantitative estimate of drug-likeness (QED) is 0.426. The number of hydrogen-bond acceptors (Lipinski definition) is 6. The lowest BCUT2D eigenvalue weighted by Gasteiger charge is -2.29. The van der Waals surface area contributed by atoms with E-state index in [0.29, 0.717) is 17.0 Å². The minimum Gasteiger partial charge on any atom is -0.507 e. The average Bonchev–Trinajstić information content (AvgIpc) is 3.28. The molecule has 1 fully saturated rings. The number of phenolic OH excluding ortho intramolecular Hbond substituents is 1. The predicted octanol–water partition coefficient (Wildman–Crippen LogP) is 3.61. The van der Waals surface area contributed by atoms with Crippen LogP contribution in [-0.4, -0.2) is 52.0 Å². The predicted molar refractivity (Wildman–Crippen MR) is 133 cm³/mol. The van der Waals surface area contributed by atoms with E-state index >= 15 is 0 Å². The van der Waals surface area contributed by atoms with Gasteiger partial charge in [-0.15, -0.1) is 5.10 Å². The number of anilines is 2. The van der Waals surface area contributed by atoms with Crippen molar-refractivity contribution < 1.29 is 9.90 Å². The summed E-state index contributed by atoms with van der Waals surface area (Å²) in [6, 6.07) is 22.3. The lowest BCUT2D eigenvalue weighted by atomic mass is 10.1. The number of amides is 1. The number of benzene rings is 3. The van der Waals surface area contributed by atoms with Gasteiger partial charge in [0.2, 0.25) is 5.95 Å². The van der Waals surface area contributed by atoms with Crippen LogP contribution in [0.3, 0.4) is 0 Å². The van der Waals surface area contributed by atoms with E-state index in [9.17, 15) is 9.90 Å². The monoisotopic (exact) mass is 454 g/mol. The Hall–Kier alpha value is -4.17. The standard InChI is InChI=1S/C26H26N6O2/c1-18-6-2-3-7-21(18)25(34)29-26-28-24(22-8-4-5-9-23(22)33)30-32(26)20-12-10-19(11-13-20)31-16-14-27-15-17-31/h2-13,27,33H,14-17H2,1H3,(H,28,29,30,34). The molecule has 0 spiro atoms. The summed E-state index contributed by atoms with van der Waals surface area (Å²) in [6.45, 7) is 5.73. The Morgan fingerprint density at radius 2 is 1.62 bits per heavy atom. The zero-order valence-corrected chi connectivity index (χ0v) is 18.9. The second-order valence-corrected chi connectivity index (χ2v) is 8.21. The molecule has 1 amide bonds. The molecule has 0 unspecified atom stereocenters. The van der Waals surface area contributed by atoms with Crippen LogP contribution in [0.1, 0.15) is 15.9 Å². The Labute approximate surface area is 197 Å². The fourth-order valence-electron chi connectivity index (χ4n) is 4.07. The number of carbonyl (C=O) groups excluding carboxylic acids is 1. The largest absolute Gasteiger partial charge is 0.507 e. The normalized spacial score (nSPS) is 13.6. The molecule has 0 saturated carbocycles. The molecule has 3 N–H and O–H groups in total. The minimum absolute atomic E-state index is 0.0745. The summed E-state index contributed by atoms with van der Waals surface area (Å²) in [6.07, 6.45) is 0. The fourth-order valence-corrected chi connectivity index (χ4v) is 4.07. The van der Waals surface area contributed by atoms with Gasteiger partial charge in [-0.25, -0.2) is 0 Å². The van der Waals surface area contributed by atoms with Crippen LogP contribution in [-0.2, 0) is 0 Å². The number of phenols is 1. The van der Waals surface area contributed by atoms with Gasteiger partial charge in [-0.3, -0.25) is 10.1 Å². The SMILES string of the molecule is Cc1ccccc1C(=O)Nc1nc(-c2ccccc2O)nn1-c1ccc(N2CCNCC2)cc1. The van der Waals surface area contributed by atoms with Gasteiger partial charge < -0.3 is 15.3 Å². The Morgan fingerprint density at radius 1 is 0.941 bits per heavy atom. The van der Waals surface area contributed by atoms with Crippen LogP contribution >= 0.6 is 0 Å². The second-order valence-electron chi connectivity index (χ2n) is 8.21. The third-order valence-electron chi connectivity index (χ3n) is 5.94. The molecule has 34 heavy (non-hydrogen) atoms. The molecule has 3 aromatic carbocycles. The summed E-state index contributed by atoms with van der Waals surface area (Å²) >= 11 is 0. The molecule has 1 aromatic heterocycles. The Kier molecular flexibility index (Phi) is 5.97. The second kappa shape index (κ2) is 9.36. The first-order valence-corrected chi connectivity index (χ1v) is 11.3. The summed E-state index contributed by atoms with van der Waals surface area (Å²) in [5.74, 6) is 0.407. The highest BCUT2D eigenvalue weighted by Crippen LogP contribution is 2.29. The number of aromatic nitrogens is 3. The highest BCUT2D eigenvalue weighted by atomic mass is 16.3. The maximum atomic E-state index is 13.0. The first-order valence-electron chi connectivity index (χ1n) is 11.3. The van der Waals surface area contributed by atoms with E-state index in [0.717, 1.165) is 43.1 Å². The number of para-hydroxylation sites is 1. The summed E-state index contributed by atoms with van der Waals surface area (Å²) in [7, 11) is 0. The van der Waals surface area contributed by atoms with Crippen molar-refractivity contribution in [1.82, 2.24) is 20.1 Å². The van der Waals surface area contributed by atoms with Crippen molar-refractivity contribution in [3.8, 4) is 22.8 Å². The van der Waals surface area contributed by atoms with Crippen molar-refractivity contribution in [3.05, 3.63) is 83.9 Å². The van der Waals surface area contributed by atoms with Crippen LogP contribution in [0.2, 0.25) is 0 Å². The van der Waals surface area contributed by atoms with Gasteiger partial charge in [-0.1, -0.05) is 30.3 Å². The summed E-state index contributed by atoms with van der Waals surface area (Å²) < 4.78 is 1.60. The van der Waals surface area contributed by atoms with Crippen LogP contribution in [0.25, 0.3) is 17.1 Å². The molecule has 8 nitrogen and oxygen atoms in total. The van der Waals surface area contributed by atoms with Gasteiger partial charge >= 0.3 is 0 Å². The number of aromatic hydroxyl groups is 1. The van der Waals surface area contributed by atoms with Crippen molar-refractivity contribution in [2.45, 2.75) is 6.92 Å². The zero-order chi connectivity index (χ0) is 23.5. The highest BCUT2D eigenvalue weighted by Gasteiger charge is 2.19. The van der Waals surface area contributed by atoms with Crippen molar-refractivity contribution >= 4 is 17.5 Å². The minimum atomic E-state index is -0.270. The molecule has 1 aliphatic rings. The Balaban J connectivity index is 1.51. The van der Waals surface area contributed by atoms with E-state index in [1.807, 2.05) is 43.3 Å². The molecule has 0 atom stereocenters. The van der Waals surface area contributed by atoms with Gasteiger partial charge in [-0.2, -0.15) is 9.67 Å². The fraction of sp³-hybridized carbons (Fsp3) is 0.192. The number of nitrogens with one attached hydrogen (secondary N) is 2. The van der Waals surface area contributed by atoms with E-state index in [2.05, 4.69) is 37.7 Å². The number of aryl methyl sites for hydroxylation is 1. The molecule has 4 aromatic rings. The van der Waals surface area contributed by atoms with Gasteiger partial charge in [0.15, 0.2) is 5.82 Å². The van der Waals surface area contributed by atoms with Gasteiger partial charge in [0, 0.05) is 37.4 Å². The first-order chi connectivity index (χ1) is 16.6. The first kappa shape index (κ1) is 21.7. The summed E-state index contributed by atoms with van der Waals surface area (Å²) in [5, 5.41) is 21.2. The number of piperazine rings is 1. The van der Waals surface area contributed by atoms with Crippen LogP contribution in [0.4, 0.5) is 11.6 Å². The number of nitrogens with zero attached hydrogens (tertiary/aromatic N) is 4. The molecule has 0 aliphatic carbocycles. The summed E-state index contributed by atoms with van der Waals surface area (Å²) in [5.41, 5.74) is 3.82. The average molecular weight is 455 g/mol. The van der Waals surface area contributed by atoms with Crippen molar-refractivity contribution in [3.63, 3.8) is 0 Å². The molecule has 2 heterocycles. The van der Waals surface area contributed by atoms with Crippen LogP contribution < -0.4 is 15.5 Å². The molecule has 172 valence electrons. The molecular formula is C26H26N6O2. The number of carbonyl (C=O) groups is 1. The Morgan fingerprint density at radius 3 is 2.35 bits per heavy atom. The third-order valence-corrected chi connectivity index (χ3v) is 5.94. The van der Waals surface area contributed by atoms with Crippen molar-refractivity contribution in [2.24, 2.45) is 0 Å². The molecule has 1 saturated heterocycles. The van der Waals surface area contributed by atoms with E-state index in [-0.39, 0.29) is 17.6 Å². The van der Waals surface area contributed by atoms with E-state index < -0.39 is 0 Å². The van der Waals surface area contributed by atoms with E-state index in [1.165, 1.54) is 0 Å². The zero-order valence-electron chi connectivity index (χ0n) is 18.9. The topological polar surface area (TPSA) is 95.3 Å². The Bertz CT molecular complexity index is 1310. The van der Waals surface area contributed by atoms with Crippen LogP contribution in [0, 0.1) is 6.92 Å². The third kappa shape index (κ3) is 4.35. The van der Waals surface area contributed by atoms with Gasteiger partial charge in [-0.05, 0) is 55.0 Å². The molecule has 1 aliphatic heterocycles. The maximum Gasteiger partial charge on any atom is 0.258 e. The molecule has 5 rings (SSSR count). The molecule has 8 heteroatoms. The van der Waals surface area contributed by atoms with E-state index in [4.69, 9.17) is 0 Å². The van der Waals surface area contributed by atoms with Crippen molar-refractivity contribution in [2.75, 3.05) is 36.4 Å². The lowest BCUT2D eigenvalue weighted by molar-refractivity contribution is 0.102. The highest BCUT2D eigenvalue weighted by molar-refractivity contribution is 6.04. The number of hydrogen-bond donors (Lipinski definition) is 3. The number of rotatable bonds is 5. The molecule has 0 bridgehead atoms. The lowest BCUT2D eigenvalue weighted by Crippen LogP contribution is -2.43. The smallest absolute Gasteiger partial charge is 0.258 e. The van der Waals surface area contributed by atoms with Gasteiger partial charge in [0.25, 0.3) is 5.91 Å². The maximum absolute atomic E-state index is 13.0. The van der Waals surface area contributed by atoms with Gasteiger partial charge in [0.05, 0.1) is 11.3 Å². The molecule has 0 radical (unpaired) electrons.